The van der Waals surface area contributed by atoms with Gasteiger partial charge in [0.2, 0.25) is 10.0 Å². The van der Waals surface area contributed by atoms with Gasteiger partial charge >= 0.3 is 0 Å². The van der Waals surface area contributed by atoms with E-state index in [4.69, 9.17) is 5.41 Å². The van der Waals surface area contributed by atoms with Crippen LogP contribution in [0.1, 0.15) is 38.4 Å². The summed E-state index contributed by atoms with van der Waals surface area (Å²) >= 11 is 0. The van der Waals surface area contributed by atoms with Crippen LogP contribution in [0.15, 0.2) is 24.3 Å². The second kappa shape index (κ2) is 7.57. The van der Waals surface area contributed by atoms with E-state index in [2.05, 4.69) is 4.98 Å². The van der Waals surface area contributed by atoms with Crippen LogP contribution in [0.5, 0.6) is 5.75 Å². The molecular formula is C20H24N4O4S. The zero-order chi connectivity index (χ0) is 21.5. The van der Waals surface area contributed by atoms with E-state index in [1.54, 1.807) is 17.9 Å². The number of carbonyl (C=O) groups is 1. The Morgan fingerprint density at radius 2 is 2.00 bits per heavy atom. The quantitative estimate of drug-likeness (QED) is 0.694. The Hall–Kier alpha value is -2.78. The Kier molecular flexibility index (Phi) is 5.46. The number of hydrogen-bond donors (Lipinski definition) is 2. The summed E-state index contributed by atoms with van der Waals surface area (Å²) in [5, 5.41) is 18.6. The molecule has 0 saturated heterocycles. The highest BCUT2D eigenvalue weighted by molar-refractivity contribution is 7.88. The van der Waals surface area contributed by atoms with Crippen LogP contribution in [0.4, 0.5) is 0 Å². The maximum absolute atomic E-state index is 12.9. The molecule has 1 aliphatic heterocycles. The van der Waals surface area contributed by atoms with Crippen molar-refractivity contribution in [2.45, 2.75) is 26.9 Å². The number of phenolic OH excluding ortho intramolecular Hbond substituents is 1. The first-order valence-corrected chi connectivity index (χ1v) is 10.9. The van der Waals surface area contributed by atoms with Gasteiger partial charge in [0.05, 0.1) is 12.8 Å². The van der Waals surface area contributed by atoms with Crippen LogP contribution in [0.2, 0.25) is 0 Å². The van der Waals surface area contributed by atoms with E-state index in [-0.39, 0.29) is 30.5 Å². The first-order valence-electron chi connectivity index (χ1n) is 9.04. The van der Waals surface area contributed by atoms with Gasteiger partial charge in [0, 0.05) is 42.5 Å². The Morgan fingerprint density at radius 3 is 2.66 bits per heavy atom. The number of rotatable bonds is 6. The number of phenols is 1. The molecule has 0 radical (unpaired) electrons. The first kappa shape index (κ1) is 20.9. The van der Waals surface area contributed by atoms with E-state index >= 15 is 0 Å². The predicted octanol–water partition coefficient (Wildman–Crippen LogP) is 1.82. The summed E-state index contributed by atoms with van der Waals surface area (Å²) in [6, 6.07) is 6.89. The number of aryl methyl sites for hydroxylation is 2. The summed E-state index contributed by atoms with van der Waals surface area (Å²) in [7, 11) is -2.02. The second-order valence-corrected chi connectivity index (χ2v) is 9.50. The summed E-state index contributed by atoms with van der Waals surface area (Å²) in [5.41, 5.74) is 3.53. The standard InChI is InChI=1S/C20H24N4O4S/c1-12-7-15(8-16(19(12)26)9-23(3)29(4,27)28)17(25)11-24-10-14-6-5-13(2)22-18(14)20(24)21/h5-8,21,26H,9-11H2,1-4H3. The molecule has 0 unspecified atom stereocenters. The lowest BCUT2D eigenvalue weighted by molar-refractivity contribution is 0.0962. The molecule has 0 atom stereocenters. The number of nitrogens with zero attached hydrogens (tertiary/aromatic N) is 3. The number of carbonyl (C=O) groups excluding carboxylic acids is 1. The average molecular weight is 417 g/mol. The third kappa shape index (κ3) is 4.30. The molecule has 0 fully saturated rings. The van der Waals surface area contributed by atoms with E-state index < -0.39 is 10.0 Å². The number of pyridine rings is 1. The minimum absolute atomic E-state index is 0.000187. The van der Waals surface area contributed by atoms with Gasteiger partial charge in [-0.05, 0) is 37.6 Å². The summed E-state index contributed by atoms with van der Waals surface area (Å²) in [5.74, 6) is -0.0340. The fraction of sp³-hybridized carbons (Fsp3) is 0.350. The van der Waals surface area contributed by atoms with Crippen molar-refractivity contribution < 1.29 is 18.3 Å². The Morgan fingerprint density at radius 1 is 1.31 bits per heavy atom. The molecule has 0 bridgehead atoms. The largest absolute Gasteiger partial charge is 0.507 e. The smallest absolute Gasteiger partial charge is 0.211 e. The molecule has 1 aromatic carbocycles. The fourth-order valence-electron chi connectivity index (χ4n) is 3.24. The molecule has 2 N–H and O–H groups in total. The van der Waals surface area contributed by atoms with Crippen LogP contribution < -0.4 is 0 Å². The molecule has 1 aromatic heterocycles. The van der Waals surface area contributed by atoms with E-state index in [0.717, 1.165) is 21.8 Å². The topological polar surface area (TPSA) is 115 Å². The van der Waals surface area contributed by atoms with Gasteiger partial charge in [0.1, 0.15) is 17.3 Å². The van der Waals surface area contributed by atoms with Gasteiger partial charge in [-0.1, -0.05) is 6.07 Å². The van der Waals surface area contributed by atoms with Crippen LogP contribution >= 0.6 is 0 Å². The Labute approximate surface area is 170 Å². The van der Waals surface area contributed by atoms with Crippen molar-refractivity contribution in [3.8, 4) is 5.75 Å². The highest BCUT2D eigenvalue weighted by Crippen LogP contribution is 2.27. The lowest BCUT2D eigenvalue weighted by atomic mass is 10.0. The van der Waals surface area contributed by atoms with Crippen LogP contribution in [-0.4, -0.2) is 59.2 Å². The monoisotopic (exact) mass is 416 g/mol. The van der Waals surface area contributed by atoms with Crippen LogP contribution in [-0.2, 0) is 23.1 Å². The van der Waals surface area contributed by atoms with Gasteiger partial charge in [-0.2, -0.15) is 0 Å². The van der Waals surface area contributed by atoms with Gasteiger partial charge < -0.3 is 10.0 Å². The third-order valence-corrected chi connectivity index (χ3v) is 6.28. The maximum atomic E-state index is 12.9. The number of hydrogen-bond acceptors (Lipinski definition) is 6. The van der Waals surface area contributed by atoms with E-state index in [1.807, 2.05) is 19.1 Å². The molecule has 3 rings (SSSR count). The summed E-state index contributed by atoms with van der Waals surface area (Å²) in [4.78, 5) is 18.9. The molecule has 8 nitrogen and oxygen atoms in total. The number of nitrogens with one attached hydrogen (secondary N) is 1. The fourth-order valence-corrected chi connectivity index (χ4v) is 3.62. The number of aromatic nitrogens is 1. The normalized spacial score (nSPS) is 13.8. The molecule has 2 heterocycles. The first-order chi connectivity index (χ1) is 13.5. The van der Waals surface area contributed by atoms with Crippen molar-refractivity contribution in [1.82, 2.24) is 14.2 Å². The minimum Gasteiger partial charge on any atom is -0.507 e. The number of benzene rings is 1. The van der Waals surface area contributed by atoms with Crippen LogP contribution in [0, 0.1) is 19.3 Å². The van der Waals surface area contributed by atoms with Crippen molar-refractivity contribution >= 4 is 21.6 Å². The number of sulfonamides is 1. The lowest BCUT2D eigenvalue weighted by Gasteiger charge is -2.19. The van der Waals surface area contributed by atoms with Gasteiger partial charge in [0.15, 0.2) is 5.78 Å². The van der Waals surface area contributed by atoms with Crippen molar-refractivity contribution in [2.24, 2.45) is 0 Å². The molecule has 0 aliphatic carbocycles. The number of Topliss-reactive ketones (excluding diaryl/α,β-unsaturated/α-hetero) is 1. The Bertz CT molecular complexity index is 1110. The van der Waals surface area contributed by atoms with Gasteiger partial charge in [0.25, 0.3) is 0 Å². The summed E-state index contributed by atoms with van der Waals surface area (Å²) < 4.78 is 24.5. The molecule has 29 heavy (non-hydrogen) atoms. The number of amidine groups is 1. The minimum atomic E-state index is -3.43. The Balaban J connectivity index is 1.82. The summed E-state index contributed by atoms with van der Waals surface area (Å²) in [6.07, 6.45) is 1.08. The highest BCUT2D eigenvalue weighted by atomic mass is 32.2. The van der Waals surface area contributed by atoms with E-state index in [1.165, 1.54) is 13.1 Å². The molecule has 0 spiro atoms. The van der Waals surface area contributed by atoms with Crippen molar-refractivity contribution in [1.29, 1.82) is 5.41 Å². The molecule has 9 heteroatoms. The number of ketones is 1. The SMILES string of the molecule is Cc1ccc2c(n1)C(=N)N(CC(=O)c1cc(C)c(O)c(CN(C)S(C)(=O)=O)c1)C2. The van der Waals surface area contributed by atoms with Gasteiger partial charge in [-0.15, -0.1) is 0 Å². The van der Waals surface area contributed by atoms with Crippen molar-refractivity contribution in [2.75, 3.05) is 19.8 Å². The van der Waals surface area contributed by atoms with E-state index in [9.17, 15) is 18.3 Å². The molecule has 0 saturated carbocycles. The molecule has 2 aromatic rings. The zero-order valence-corrected chi connectivity index (χ0v) is 17.7. The predicted molar refractivity (Wildman–Crippen MR) is 110 cm³/mol. The van der Waals surface area contributed by atoms with Crippen molar-refractivity contribution in [3.05, 3.63) is 57.9 Å². The molecule has 0 amide bonds. The molecule has 154 valence electrons. The van der Waals surface area contributed by atoms with E-state index in [0.29, 0.717) is 28.9 Å². The zero-order valence-electron chi connectivity index (χ0n) is 16.9. The second-order valence-electron chi connectivity index (χ2n) is 7.41. The van der Waals surface area contributed by atoms with Crippen LogP contribution in [0.25, 0.3) is 0 Å². The highest BCUT2D eigenvalue weighted by Gasteiger charge is 2.28. The maximum Gasteiger partial charge on any atom is 0.211 e. The summed E-state index contributed by atoms with van der Waals surface area (Å²) in [6.45, 7) is 3.92. The third-order valence-electron chi connectivity index (χ3n) is 5.01. The van der Waals surface area contributed by atoms with Crippen molar-refractivity contribution in [3.63, 3.8) is 0 Å². The van der Waals surface area contributed by atoms with Gasteiger partial charge in [-0.25, -0.2) is 17.7 Å². The van der Waals surface area contributed by atoms with Gasteiger partial charge in [-0.3, -0.25) is 10.2 Å². The number of fused-ring (bicyclic) bond motifs is 1. The van der Waals surface area contributed by atoms with Crippen LogP contribution in [0.3, 0.4) is 0 Å². The number of aromatic hydroxyl groups is 1. The lowest BCUT2D eigenvalue weighted by Crippen LogP contribution is -2.30. The molecular weight excluding hydrogens is 392 g/mol. The molecule has 1 aliphatic rings. The average Bonchev–Trinajstić information content (AvgIpc) is 2.93.